The second kappa shape index (κ2) is 6.37. The Bertz CT molecular complexity index is 1040. The summed E-state index contributed by atoms with van der Waals surface area (Å²) in [4.78, 5) is 15.9. The van der Waals surface area contributed by atoms with Crippen molar-refractivity contribution in [2.75, 3.05) is 0 Å². The SMILES string of the molecule is Cc1cc(C(=O)O)c(C)c(-c2noc(-c3c(C)ccc(C)c3F)n2)c1C. The van der Waals surface area contributed by atoms with Crippen molar-refractivity contribution in [3.05, 3.63) is 57.4 Å². The van der Waals surface area contributed by atoms with Crippen LogP contribution in [0.25, 0.3) is 22.8 Å². The van der Waals surface area contributed by atoms with Gasteiger partial charge >= 0.3 is 5.97 Å². The molecule has 134 valence electrons. The molecule has 1 heterocycles. The zero-order valence-corrected chi connectivity index (χ0v) is 15.3. The van der Waals surface area contributed by atoms with Crippen molar-refractivity contribution in [3.63, 3.8) is 0 Å². The number of hydrogen-bond acceptors (Lipinski definition) is 4. The van der Waals surface area contributed by atoms with Crippen LogP contribution in [0.5, 0.6) is 0 Å². The minimum atomic E-state index is -1.02. The third-order valence-electron chi connectivity index (χ3n) is 4.74. The second-order valence-electron chi connectivity index (χ2n) is 6.48. The van der Waals surface area contributed by atoms with Crippen LogP contribution in [0.15, 0.2) is 22.7 Å². The van der Waals surface area contributed by atoms with Crippen molar-refractivity contribution in [2.45, 2.75) is 34.6 Å². The highest BCUT2D eigenvalue weighted by atomic mass is 19.1. The van der Waals surface area contributed by atoms with E-state index in [1.54, 1.807) is 39.0 Å². The van der Waals surface area contributed by atoms with Gasteiger partial charge in [-0.05, 0) is 68.5 Å². The fourth-order valence-corrected chi connectivity index (χ4v) is 3.07. The molecule has 0 spiro atoms. The number of halogens is 1. The summed E-state index contributed by atoms with van der Waals surface area (Å²) < 4.78 is 19.9. The molecule has 0 radical (unpaired) electrons. The maximum absolute atomic E-state index is 14.5. The molecule has 0 amide bonds. The molecule has 0 aliphatic carbocycles. The van der Waals surface area contributed by atoms with Crippen molar-refractivity contribution in [1.82, 2.24) is 10.1 Å². The van der Waals surface area contributed by atoms with Gasteiger partial charge in [0.25, 0.3) is 5.89 Å². The number of carboxylic acid groups (broad SMARTS) is 1. The van der Waals surface area contributed by atoms with Crippen LogP contribution in [0.2, 0.25) is 0 Å². The molecule has 2 aromatic carbocycles. The van der Waals surface area contributed by atoms with Gasteiger partial charge in [0.2, 0.25) is 5.82 Å². The van der Waals surface area contributed by atoms with Crippen molar-refractivity contribution < 1.29 is 18.8 Å². The zero-order valence-electron chi connectivity index (χ0n) is 15.3. The summed E-state index contributed by atoms with van der Waals surface area (Å²) in [6, 6.07) is 5.12. The highest BCUT2D eigenvalue weighted by Gasteiger charge is 2.22. The lowest BCUT2D eigenvalue weighted by Gasteiger charge is -2.12. The predicted molar refractivity (Wildman–Crippen MR) is 95.8 cm³/mol. The lowest BCUT2D eigenvalue weighted by atomic mass is 9.93. The van der Waals surface area contributed by atoms with E-state index in [0.29, 0.717) is 22.3 Å². The van der Waals surface area contributed by atoms with Crippen molar-refractivity contribution in [1.29, 1.82) is 0 Å². The van der Waals surface area contributed by atoms with E-state index in [-0.39, 0.29) is 22.8 Å². The number of benzene rings is 2. The number of carbonyl (C=O) groups is 1. The average Bonchev–Trinajstić information content (AvgIpc) is 3.04. The molecular formula is C20H19FN2O3. The first-order chi connectivity index (χ1) is 12.2. The van der Waals surface area contributed by atoms with E-state index in [9.17, 15) is 14.3 Å². The van der Waals surface area contributed by atoms with Crippen LogP contribution in [-0.4, -0.2) is 21.2 Å². The first kappa shape index (κ1) is 17.8. The van der Waals surface area contributed by atoms with E-state index >= 15 is 0 Å². The third-order valence-corrected chi connectivity index (χ3v) is 4.74. The minimum absolute atomic E-state index is 0.0795. The molecule has 3 rings (SSSR count). The molecule has 3 aromatic rings. The molecule has 26 heavy (non-hydrogen) atoms. The Morgan fingerprint density at radius 2 is 1.65 bits per heavy atom. The van der Waals surface area contributed by atoms with E-state index < -0.39 is 11.8 Å². The van der Waals surface area contributed by atoms with Crippen molar-refractivity contribution in [3.8, 4) is 22.8 Å². The standard InChI is InChI=1S/C20H19FN2O3/c1-9-6-7-10(2)17(21)15(9)19-22-18(23-26-19)16-12(4)11(3)8-14(13(16)5)20(24)25/h6-8H,1-5H3,(H,24,25). The topological polar surface area (TPSA) is 76.2 Å². The van der Waals surface area contributed by atoms with Crippen molar-refractivity contribution in [2.24, 2.45) is 0 Å². The van der Waals surface area contributed by atoms with Crippen molar-refractivity contribution >= 4 is 5.97 Å². The number of nitrogens with zero attached hydrogens (tertiary/aromatic N) is 2. The Hall–Kier alpha value is -3.02. The van der Waals surface area contributed by atoms with Crippen LogP contribution >= 0.6 is 0 Å². The first-order valence-electron chi connectivity index (χ1n) is 8.16. The molecule has 0 fully saturated rings. The smallest absolute Gasteiger partial charge is 0.335 e. The van der Waals surface area contributed by atoms with Crippen LogP contribution in [0.4, 0.5) is 4.39 Å². The lowest BCUT2D eigenvalue weighted by molar-refractivity contribution is 0.0696. The quantitative estimate of drug-likeness (QED) is 0.732. The molecular weight excluding hydrogens is 335 g/mol. The number of aryl methyl sites for hydroxylation is 3. The highest BCUT2D eigenvalue weighted by Crippen LogP contribution is 2.33. The monoisotopic (exact) mass is 354 g/mol. The maximum Gasteiger partial charge on any atom is 0.335 e. The minimum Gasteiger partial charge on any atom is -0.478 e. The highest BCUT2D eigenvalue weighted by molar-refractivity contribution is 5.92. The molecule has 0 bridgehead atoms. The average molecular weight is 354 g/mol. The van der Waals surface area contributed by atoms with Crippen LogP contribution in [-0.2, 0) is 0 Å². The Kier molecular flexibility index (Phi) is 4.36. The Morgan fingerprint density at radius 1 is 1.00 bits per heavy atom. The molecule has 1 aromatic heterocycles. The van der Waals surface area contributed by atoms with E-state index in [0.717, 1.165) is 11.1 Å². The summed E-state index contributed by atoms with van der Waals surface area (Å²) in [6.07, 6.45) is 0. The van der Waals surface area contributed by atoms with Gasteiger partial charge in [0, 0.05) is 5.56 Å². The summed E-state index contributed by atoms with van der Waals surface area (Å²) >= 11 is 0. The Labute approximate surface area is 150 Å². The van der Waals surface area contributed by atoms with Crippen LogP contribution in [0.1, 0.15) is 38.2 Å². The molecule has 0 saturated heterocycles. The molecule has 0 atom stereocenters. The fourth-order valence-electron chi connectivity index (χ4n) is 3.07. The Morgan fingerprint density at radius 3 is 2.31 bits per heavy atom. The van der Waals surface area contributed by atoms with Crippen LogP contribution in [0.3, 0.4) is 0 Å². The summed E-state index contributed by atoms with van der Waals surface area (Å²) in [6.45, 7) is 8.85. The number of carboxylic acids is 1. The summed E-state index contributed by atoms with van der Waals surface area (Å²) in [5.41, 5.74) is 4.46. The summed E-state index contributed by atoms with van der Waals surface area (Å²) in [5, 5.41) is 13.4. The molecule has 6 heteroatoms. The van der Waals surface area contributed by atoms with E-state index in [2.05, 4.69) is 10.1 Å². The fraction of sp³-hybridized carbons (Fsp3) is 0.250. The largest absolute Gasteiger partial charge is 0.478 e. The van der Waals surface area contributed by atoms with Gasteiger partial charge in [0.05, 0.1) is 11.1 Å². The van der Waals surface area contributed by atoms with Gasteiger partial charge in [-0.1, -0.05) is 17.3 Å². The predicted octanol–water partition coefficient (Wildman–Crippen LogP) is 4.78. The molecule has 1 N–H and O–H groups in total. The normalized spacial score (nSPS) is 11.0. The van der Waals surface area contributed by atoms with E-state index in [4.69, 9.17) is 4.52 Å². The summed E-state index contributed by atoms with van der Waals surface area (Å²) in [7, 11) is 0. The van der Waals surface area contributed by atoms with E-state index in [1.807, 2.05) is 13.8 Å². The molecule has 0 unspecified atom stereocenters. The molecule has 0 aliphatic rings. The van der Waals surface area contributed by atoms with Gasteiger partial charge in [-0.2, -0.15) is 4.98 Å². The van der Waals surface area contributed by atoms with Gasteiger partial charge in [0.1, 0.15) is 5.82 Å². The Balaban J connectivity index is 2.22. The summed E-state index contributed by atoms with van der Waals surface area (Å²) in [5.74, 6) is -1.09. The van der Waals surface area contributed by atoms with Crippen LogP contribution in [0, 0.1) is 40.4 Å². The number of aromatic nitrogens is 2. The van der Waals surface area contributed by atoms with Gasteiger partial charge in [-0.3, -0.25) is 0 Å². The second-order valence-corrected chi connectivity index (χ2v) is 6.48. The molecule has 0 aliphatic heterocycles. The van der Waals surface area contributed by atoms with Gasteiger partial charge in [-0.25, -0.2) is 9.18 Å². The van der Waals surface area contributed by atoms with Gasteiger partial charge < -0.3 is 9.63 Å². The first-order valence-corrected chi connectivity index (χ1v) is 8.16. The van der Waals surface area contributed by atoms with Gasteiger partial charge in [0.15, 0.2) is 0 Å². The van der Waals surface area contributed by atoms with E-state index in [1.165, 1.54) is 0 Å². The van der Waals surface area contributed by atoms with Gasteiger partial charge in [-0.15, -0.1) is 0 Å². The molecule has 5 nitrogen and oxygen atoms in total. The maximum atomic E-state index is 14.5. The zero-order chi connectivity index (χ0) is 19.2. The molecule has 0 saturated carbocycles. The van der Waals surface area contributed by atoms with Crippen LogP contribution < -0.4 is 0 Å². The lowest BCUT2D eigenvalue weighted by Crippen LogP contribution is -2.05. The third kappa shape index (κ3) is 2.77. The number of aromatic carboxylic acids is 1. The number of hydrogen-bond donors (Lipinski definition) is 1. The number of rotatable bonds is 3.